The minimum absolute atomic E-state index is 0.124. The zero-order valence-electron chi connectivity index (χ0n) is 17.2. The first-order valence-corrected chi connectivity index (χ1v) is 10.1. The van der Waals surface area contributed by atoms with Gasteiger partial charge in [-0.1, -0.05) is 11.6 Å². The van der Waals surface area contributed by atoms with Crippen LogP contribution in [0.25, 0.3) is 0 Å². The molecule has 1 aliphatic carbocycles. The predicted molar refractivity (Wildman–Crippen MR) is 114 cm³/mol. The van der Waals surface area contributed by atoms with Crippen molar-refractivity contribution in [3.8, 4) is 5.88 Å². The number of carbonyl (C=O) groups is 2. The molecule has 10 heteroatoms. The van der Waals surface area contributed by atoms with Crippen LogP contribution in [0.15, 0.2) is 42.6 Å². The molecule has 0 saturated carbocycles. The van der Waals surface area contributed by atoms with Gasteiger partial charge in [-0.15, -0.1) is 0 Å². The highest BCUT2D eigenvalue weighted by Crippen LogP contribution is 2.39. The monoisotopic (exact) mass is 460 g/mol. The van der Waals surface area contributed by atoms with Gasteiger partial charge in [-0.3, -0.25) is 4.79 Å². The maximum atomic E-state index is 14.8. The molecule has 166 valence electrons. The largest absolute Gasteiger partial charge is 0.416 e. The molecule has 2 aromatic carbocycles. The van der Waals surface area contributed by atoms with Crippen LogP contribution < -0.4 is 10.1 Å². The maximum absolute atomic E-state index is 14.8. The molecule has 1 N–H and O–H groups in total. The zero-order valence-corrected chi connectivity index (χ0v) is 18.0. The second-order valence-electron chi connectivity index (χ2n) is 7.40. The number of nitrogens with one attached hydrogen (secondary N) is 1. The molecule has 1 atom stereocenters. The van der Waals surface area contributed by atoms with Crippen molar-refractivity contribution in [2.45, 2.75) is 18.9 Å². The Hall–Kier alpha value is -3.46. The minimum Gasteiger partial charge on any atom is -0.391 e. The Morgan fingerprint density at radius 2 is 1.97 bits per heavy atom. The summed E-state index contributed by atoms with van der Waals surface area (Å²) in [6.45, 7) is 0. The molecule has 2 amide bonds. The molecule has 0 saturated heterocycles. The van der Waals surface area contributed by atoms with Gasteiger partial charge in [-0.05, 0) is 48.7 Å². The summed E-state index contributed by atoms with van der Waals surface area (Å²) in [7, 11) is 3.15. The van der Waals surface area contributed by atoms with Gasteiger partial charge in [-0.2, -0.15) is 5.10 Å². The van der Waals surface area contributed by atoms with Crippen LogP contribution in [0.2, 0.25) is 5.02 Å². The van der Waals surface area contributed by atoms with Crippen molar-refractivity contribution in [2.75, 3.05) is 12.4 Å². The third-order valence-corrected chi connectivity index (χ3v) is 5.74. The zero-order chi connectivity index (χ0) is 23.0. The first-order chi connectivity index (χ1) is 15.3. The van der Waals surface area contributed by atoms with Crippen molar-refractivity contribution < 1.29 is 23.1 Å². The summed E-state index contributed by atoms with van der Waals surface area (Å²) < 4.78 is 34.9. The van der Waals surface area contributed by atoms with Crippen molar-refractivity contribution in [2.24, 2.45) is 7.05 Å². The highest BCUT2D eigenvalue weighted by molar-refractivity contribution is 6.31. The van der Waals surface area contributed by atoms with E-state index >= 15 is 0 Å². The van der Waals surface area contributed by atoms with Crippen LogP contribution in [0.1, 0.15) is 33.9 Å². The van der Waals surface area contributed by atoms with E-state index in [1.54, 1.807) is 13.1 Å². The van der Waals surface area contributed by atoms with Gasteiger partial charge < -0.3 is 15.0 Å². The predicted octanol–water partition coefficient (Wildman–Crippen LogP) is 4.72. The number of aryl methyl sites for hydroxylation is 1. The lowest BCUT2D eigenvalue weighted by molar-refractivity contribution is 0.102. The van der Waals surface area contributed by atoms with E-state index in [9.17, 15) is 18.4 Å². The topological polar surface area (TPSA) is 76.5 Å². The molecule has 0 unspecified atom stereocenters. The molecule has 1 aromatic heterocycles. The number of carbonyl (C=O) groups excluding carboxylic acids is 2. The number of hydrogen-bond acceptors (Lipinski definition) is 4. The van der Waals surface area contributed by atoms with E-state index in [1.807, 2.05) is 0 Å². The van der Waals surface area contributed by atoms with Crippen LogP contribution in [0.3, 0.4) is 0 Å². The molecular weight excluding hydrogens is 442 g/mol. The molecule has 0 spiro atoms. The van der Waals surface area contributed by atoms with E-state index in [0.29, 0.717) is 24.1 Å². The van der Waals surface area contributed by atoms with Gasteiger partial charge >= 0.3 is 6.09 Å². The molecule has 0 fully saturated rings. The van der Waals surface area contributed by atoms with Crippen molar-refractivity contribution in [1.82, 2.24) is 14.7 Å². The molecule has 1 heterocycles. The highest BCUT2D eigenvalue weighted by Gasteiger charge is 2.35. The molecule has 7 nitrogen and oxygen atoms in total. The second kappa shape index (κ2) is 8.58. The third-order valence-electron chi connectivity index (χ3n) is 5.45. The Bertz CT molecular complexity index is 1210. The Balaban J connectivity index is 1.58. The number of aromatic nitrogens is 2. The molecule has 3 aromatic rings. The van der Waals surface area contributed by atoms with Crippen LogP contribution in [-0.4, -0.2) is 33.7 Å². The fourth-order valence-corrected chi connectivity index (χ4v) is 3.99. The number of fused-ring (bicyclic) bond motifs is 1. The summed E-state index contributed by atoms with van der Waals surface area (Å²) in [5, 5.41) is 6.47. The van der Waals surface area contributed by atoms with Crippen LogP contribution >= 0.6 is 11.6 Å². The lowest BCUT2D eigenvalue weighted by Gasteiger charge is -2.25. The van der Waals surface area contributed by atoms with E-state index in [1.165, 1.54) is 47.1 Å². The summed E-state index contributed by atoms with van der Waals surface area (Å²) in [5.74, 6) is -1.34. The number of hydrogen-bond donors (Lipinski definition) is 1. The quantitative estimate of drug-likeness (QED) is 0.611. The van der Waals surface area contributed by atoms with Crippen LogP contribution in [0.4, 0.5) is 19.3 Å². The normalized spacial score (nSPS) is 14.7. The molecule has 4 rings (SSSR count). The van der Waals surface area contributed by atoms with Crippen LogP contribution in [0, 0.1) is 11.6 Å². The third kappa shape index (κ3) is 4.03. The summed E-state index contributed by atoms with van der Waals surface area (Å²) in [4.78, 5) is 26.8. The number of benzene rings is 2. The standard InChI is InChI=1S/C22H19ClF2N4O3/c1-28(22(31)32-19-9-10-26-29(19)2)18-8-5-13-14(4-7-17(25)20(13)18)21(30)27-12-3-6-16(24)15(23)11-12/h3-4,6-7,9-11,18H,5,8H2,1-2H3,(H,27,30)/t18-/m0/s1. The van der Waals surface area contributed by atoms with Gasteiger partial charge in [0.25, 0.3) is 5.91 Å². The lowest BCUT2D eigenvalue weighted by atomic mass is 10.0. The van der Waals surface area contributed by atoms with Gasteiger partial charge in [0.05, 0.1) is 17.3 Å². The molecule has 0 bridgehead atoms. The highest BCUT2D eigenvalue weighted by atomic mass is 35.5. The Morgan fingerprint density at radius 3 is 2.66 bits per heavy atom. The van der Waals surface area contributed by atoms with Gasteiger partial charge in [0.1, 0.15) is 11.6 Å². The van der Waals surface area contributed by atoms with Crippen molar-refractivity contribution >= 4 is 29.3 Å². The fourth-order valence-electron chi connectivity index (χ4n) is 3.81. The average molecular weight is 461 g/mol. The van der Waals surface area contributed by atoms with Crippen LogP contribution in [-0.2, 0) is 13.5 Å². The fraction of sp³-hybridized carbons (Fsp3) is 0.227. The number of anilines is 1. The smallest absolute Gasteiger partial charge is 0.391 e. The Morgan fingerprint density at radius 1 is 1.22 bits per heavy atom. The van der Waals surface area contributed by atoms with Crippen molar-refractivity contribution in [3.05, 3.63) is 75.9 Å². The molecule has 0 radical (unpaired) electrons. The van der Waals surface area contributed by atoms with Crippen molar-refractivity contribution in [3.63, 3.8) is 0 Å². The van der Waals surface area contributed by atoms with E-state index in [0.717, 1.165) is 6.07 Å². The number of ether oxygens (including phenoxy) is 1. The van der Waals surface area contributed by atoms with Gasteiger partial charge in [0.2, 0.25) is 5.88 Å². The summed E-state index contributed by atoms with van der Waals surface area (Å²) in [6.07, 6.45) is 1.65. The lowest BCUT2D eigenvalue weighted by Crippen LogP contribution is -2.33. The van der Waals surface area contributed by atoms with E-state index in [-0.39, 0.29) is 22.0 Å². The van der Waals surface area contributed by atoms with Crippen LogP contribution in [0.5, 0.6) is 5.88 Å². The first kappa shape index (κ1) is 21.8. The average Bonchev–Trinajstić information content (AvgIpc) is 3.37. The SMILES string of the molecule is CN(C(=O)Oc1ccnn1C)[C@H]1CCc2c(C(=O)Nc3ccc(F)c(Cl)c3)ccc(F)c21. The molecular formula is C22H19ClF2N4O3. The van der Waals surface area contributed by atoms with Gasteiger partial charge in [-0.25, -0.2) is 18.3 Å². The van der Waals surface area contributed by atoms with E-state index in [4.69, 9.17) is 16.3 Å². The van der Waals surface area contributed by atoms with Gasteiger partial charge in [0, 0.05) is 37.0 Å². The molecule has 1 aliphatic rings. The van der Waals surface area contributed by atoms with Crippen molar-refractivity contribution in [1.29, 1.82) is 0 Å². The number of halogens is 3. The Kier molecular flexibility index (Phi) is 5.84. The molecule has 0 aliphatic heterocycles. The number of rotatable bonds is 4. The Labute approximate surface area is 187 Å². The molecule has 32 heavy (non-hydrogen) atoms. The van der Waals surface area contributed by atoms with Gasteiger partial charge in [0.15, 0.2) is 0 Å². The summed E-state index contributed by atoms with van der Waals surface area (Å²) in [6, 6.07) is 7.36. The summed E-state index contributed by atoms with van der Waals surface area (Å²) >= 11 is 5.77. The number of amides is 2. The maximum Gasteiger partial charge on any atom is 0.416 e. The summed E-state index contributed by atoms with van der Waals surface area (Å²) in [5.41, 5.74) is 1.38. The number of nitrogens with zero attached hydrogens (tertiary/aromatic N) is 3. The minimum atomic E-state index is -0.665. The van der Waals surface area contributed by atoms with E-state index < -0.39 is 29.7 Å². The second-order valence-corrected chi connectivity index (χ2v) is 7.80. The van der Waals surface area contributed by atoms with E-state index in [2.05, 4.69) is 10.4 Å². The first-order valence-electron chi connectivity index (χ1n) is 9.76.